The molecule has 0 saturated carbocycles. The molecule has 1 fully saturated rings. The van der Waals surface area contributed by atoms with Crippen LogP contribution in [0.3, 0.4) is 0 Å². The van der Waals surface area contributed by atoms with E-state index in [0.29, 0.717) is 11.0 Å². The van der Waals surface area contributed by atoms with Gasteiger partial charge in [0.1, 0.15) is 29.9 Å². The molecule has 1 aromatic heterocycles. The minimum atomic E-state index is -1.44. The number of para-hydroxylation sites is 1. The maximum atomic E-state index is 10.0. The normalized spacial score (nSPS) is 34.5. The van der Waals surface area contributed by atoms with E-state index in [0.717, 1.165) is 0 Å². The third-order valence-electron chi connectivity index (χ3n) is 3.49. The van der Waals surface area contributed by atoms with Gasteiger partial charge in [-0.25, -0.2) is 4.68 Å². The lowest BCUT2D eigenvalue weighted by Gasteiger charge is -2.39. The van der Waals surface area contributed by atoms with Crippen LogP contribution in [0, 0.1) is 0 Å². The number of ether oxygens (including phenoxy) is 1. The van der Waals surface area contributed by atoms with Crippen molar-refractivity contribution in [2.75, 3.05) is 6.61 Å². The highest BCUT2D eigenvalue weighted by atomic mass is 16.6. The van der Waals surface area contributed by atoms with Crippen molar-refractivity contribution in [1.29, 1.82) is 0 Å². The van der Waals surface area contributed by atoms with Crippen molar-refractivity contribution >= 4 is 11.0 Å². The van der Waals surface area contributed by atoms with Crippen LogP contribution in [0.5, 0.6) is 0 Å². The molecule has 0 radical (unpaired) electrons. The fourth-order valence-electron chi connectivity index (χ4n) is 2.36. The molecule has 0 aliphatic carbocycles. The lowest BCUT2D eigenvalue weighted by Crippen LogP contribution is -2.56. The minimum absolute atomic E-state index is 0.478. The van der Waals surface area contributed by atoms with E-state index in [1.54, 1.807) is 24.3 Å². The average Bonchev–Trinajstić information content (AvgIpc) is 2.89. The van der Waals surface area contributed by atoms with E-state index < -0.39 is 37.3 Å². The van der Waals surface area contributed by atoms with Gasteiger partial charge >= 0.3 is 0 Å². The molecule has 0 spiro atoms. The Bertz CT molecular complexity index is 602. The van der Waals surface area contributed by atoms with Crippen LogP contribution >= 0.6 is 0 Å². The maximum Gasteiger partial charge on any atom is 0.181 e. The molecule has 8 nitrogen and oxygen atoms in total. The van der Waals surface area contributed by atoms with Crippen molar-refractivity contribution in [2.45, 2.75) is 30.6 Å². The van der Waals surface area contributed by atoms with Gasteiger partial charge in [-0.1, -0.05) is 17.3 Å². The summed E-state index contributed by atoms with van der Waals surface area (Å²) in [4.78, 5) is 0. The van der Waals surface area contributed by atoms with E-state index in [2.05, 4.69) is 10.3 Å². The summed E-state index contributed by atoms with van der Waals surface area (Å²) in [6.45, 7) is -0.478. The zero-order valence-electron chi connectivity index (χ0n) is 10.4. The van der Waals surface area contributed by atoms with Gasteiger partial charge in [0, 0.05) is 0 Å². The molecular formula is C12H15N3O5. The van der Waals surface area contributed by atoms with E-state index in [4.69, 9.17) is 4.74 Å². The molecule has 20 heavy (non-hydrogen) atoms. The van der Waals surface area contributed by atoms with Gasteiger partial charge in [0.25, 0.3) is 0 Å². The lowest BCUT2D eigenvalue weighted by molar-refractivity contribution is -0.253. The molecule has 3 rings (SSSR count). The van der Waals surface area contributed by atoms with Gasteiger partial charge < -0.3 is 25.2 Å². The van der Waals surface area contributed by atoms with Crippen molar-refractivity contribution in [3.05, 3.63) is 24.3 Å². The van der Waals surface area contributed by atoms with Gasteiger partial charge in [-0.15, -0.1) is 5.10 Å². The van der Waals surface area contributed by atoms with Crippen molar-refractivity contribution in [3.8, 4) is 0 Å². The molecule has 108 valence electrons. The Labute approximate surface area is 113 Å². The molecule has 4 N–H and O–H groups in total. The van der Waals surface area contributed by atoms with Crippen molar-refractivity contribution in [3.63, 3.8) is 0 Å². The standard InChI is InChI=1S/C12H15N3O5/c16-5-8-9(17)10(18)11(19)12(20-8)15-7-4-2-1-3-6(7)13-14-15/h1-4,8-12,16-19H,5H2/t8-,9+,10-,11+,12-/m0/s1. The number of rotatable bonds is 2. The molecule has 1 aromatic carbocycles. The van der Waals surface area contributed by atoms with E-state index >= 15 is 0 Å². The second-order valence-electron chi connectivity index (χ2n) is 4.74. The highest BCUT2D eigenvalue weighted by Crippen LogP contribution is 2.29. The maximum absolute atomic E-state index is 10.0. The van der Waals surface area contributed by atoms with Gasteiger partial charge in [-0.2, -0.15) is 0 Å². The Morgan fingerprint density at radius 2 is 1.85 bits per heavy atom. The Morgan fingerprint density at radius 3 is 2.60 bits per heavy atom. The molecule has 0 unspecified atom stereocenters. The minimum Gasteiger partial charge on any atom is -0.394 e. The van der Waals surface area contributed by atoms with Crippen LogP contribution in [0.1, 0.15) is 6.23 Å². The topological polar surface area (TPSA) is 121 Å². The van der Waals surface area contributed by atoms with Crippen LogP contribution in [0.15, 0.2) is 24.3 Å². The summed E-state index contributed by atoms with van der Waals surface area (Å²) in [6.07, 6.45) is -6.20. The predicted octanol–water partition coefficient (Wildman–Crippen LogP) is -1.60. The number of nitrogens with zero attached hydrogens (tertiary/aromatic N) is 3. The number of hydrogen-bond acceptors (Lipinski definition) is 7. The largest absolute Gasteiger partial charge is 0.394 e. The fourth-order valence-corrected chi connectivity index (χ4v) is 2.36. The van der Waals surface area contributed by atoms with Crippen LogP contribution in [0.4, 0.5) is 0 Å². The Morgan fingerprint density at radius 1 is 1.10 bits per heavy atom. The number of aromatic nitrogens is 3. The average molecular weight is 281 g/mol. The van der Waals surface area contributed by atoms with Gasteiger partial charge in [0.15, 0.2) is 6.23 Å². The highest BCUT2D eigenvalue weighted by molar-refractivity contribution is 5.73. The van der Waals surface area contributed by atoms with Crippen LogP contribution in [-0.4, -0.2) is 66.4 Å². The first-order chi connectivity index (χ1) is 9.63. The monoisotopic (exact) mass is 281 g/mol. The van der Waals surface area contributed by atoms with E-state index in [1.165, 1.54) is 4.68 Å². The summed E-state index contributed by atoms with van der Waals surface area (Å²) in [5.74, 6) is 0. The second kappa shape index (κ2) is 5.08. The molecule has 1 aliphatic heterocycles. The van der Waals surface area contributed by atoms with E-state index in [9.17, 15) is 20.4 Å². The smallest absolute Gasteiger partial charge is 0.181 e. The summed E-state index contributed by atoms with van der Waals surface area (Å²) in [6, 6.07) is 7.08. The Kier molecular flexibility index (Phi) is 3.40. The first-order valence-corrected chi connectivity index (χ1v) is 6.24. The number of benzene rings is 1. The van der Waals surface area contributed by atoms with Gasteiger partial charge in [0.05, 0.1) is 12.1 Å². The third kappa shape index (κ3) is 1.98. The third-order valence-corrected chi connectivity index (χ3v) is 3.49. The zero-order valence-corrected chi connectivity index (χ0v) is 10.4. The Hall–Kier alpha value is -1.58. The van der Waals surface area contributed by atoms with Crippen molar-refractivity contribution in [1.82, 2.24) is 15.0 Å². The number of fused-ring (bicyclic) bond motifs is 1. The number of hydrogen-bond donors (Lipinski definition) is 4. The van der Waals surface area contributed by atoms with Crippen LogP contribution in [-0.2, 0) is 4.74 Å². The molecule has 1 saturated heterocycles. The van der Waals surface area contributed by atoms with E-state index in [1.807, 2.05) is 0 Å². The molecule has 2 aromatic rings. The Balaban J connectivity index is 2.00. The fraction of sp³-hybridized carbons (Fsp3) is 0.500. The first-order valence-electron chi connectivity index (χ1n) is 6.24. The lowest BCUT2D eigenvalue weighted by atomic mass is 9.98. The second-order valence-corrected chi connectivity index (χ2v) is 4.74. The quantitative estimate of drug-likeness (QED) is 0.523. The zero-order chi connectivity index (χ0) is 14.3. The van der Waals surface area contributed by atoms with Crippen LogP contribution in [0.2, 0.25) is 0 Å². The highest BCUT2D eigenvalue weighted by Gasteiger charge is 2.45. The summed E-state index contributed by atoms with van der Waals surface area (Å²) in [7, 11) is 0. The van der Waals surface area contributed by atoms with Crippen LogP contribution in [0.25, 0.3) is 11.0 Å². The summed E-state index contributed by atoms with van der Waals surface area (Å²) < 4.78 is 6.76. The van der Waals surface area contributed by atoms with Crippen molar-refractivity contribution < 1.29 is 25.2 Å². The summed E-state index contributed by atoms with van der Waals surface area (Å²) >= 11 is 0. The van der Waals surface area contributed by atoms with Gasteiger partial charge in [0.2, 0.25) is 0 Å². The molecule has 5 atom stereocenters. The van der Waals surface area contributed by atoms with Crippen molar-refractivity contribution in [2.24, 2.45) is 0 Å². The SMILES string of the molecule is OC[C@@H]1O[C@H](n2nnc3ccccc32)[C@H](O)[C@@H](O)[C@@H]1O. The van der Waals surface area contributed by atoms with Crippen LogP contribution < -0.4 is 0 Å². The van der Waals surface area contributed by atoms with Gasteiger partial charge in [-0.05, 0) is 12.1 Å². The summed E-state index contributed by atoms with van der Waals surface area (Å²) in [5.41, 5.74) is 1.24. The summed E-state index contributed by atoms with van der Waals surface area (Å²) in [5, 5.41) is 46.6. The molecule has 0 amide bonds. The molecule has 0 bridgehead atoms. The van der Waals surface area contributed by atoms with E-state index in [-0.39, 0.29) is 0 Å². The first kappa shape index (κ1) is 13.4. The molecule has 2 heterocycles. The number of aliphatic hydroxyl groups excluding tert-OH is 4. The molecule has 1 aliphatic rings. The van der Waals surface area contributed by atoms with Gasteiger partial charge in [-0.3, -0.25) is 0 Å². The molecule has 8 heteroatoms. The predicted molar refractivity (Wildman–Crippen MR) is 66.5 cm³/mol. The number of aliphatic hydroxyl groups is 4. The molecular weight excluding hydrogens is 266 g/mol.